The standard InChI is InChI=1S/C14H21BrN2O/c1-3-4-11-10-17(8-7-16-11)12-5-6-13(15)14(9-12)18-2/h5-6,9,11,16H,3-4,7-8,10H2,1-2H3. The maximum absolute atomic E-state index is 5.36. The summed E-state index contributed by atoms with van der Waals surface area (Å²) in [7, 11) is 1.71. The zero-order valence-corrected chi connectivity index (χ0v) is 12.7. The molecule has 0 aromatic heterocycles. The average molecular weight is 313 g/mol. The van der Waals surface area contributed by atoms with Crippen molar-refractivity contribution in [3.63, 3.8) is 0 Å². The Balaban J connectivity index is 2.10. The lowest BCUT2D eigenvalue weighted by atomic mass is 10.1. The van der Waals surface area contributed by atoms with Gasteiger partial charge in [-0.2, -0.15) is 0 Å². The largest absolute Gasteiger partial charge is 0.495 e. The molecule has 4 heteroatoms. The molecule has 1 aromatic carbocycles. The number of piperazine rings is 1. The van der Waals surface area contributed by atoms with Crippen LogP contribution in [0.25, 0.3) is 0 Å². The van der Waals surface area contributed by atoms with Crippen LogP contribution in [0.2, 0.25) is 0 Å². The van der Waals surface area contributed by atoms with Gasteiger partial charge in [-0.05, 0) is 34.5 Å². The minimum Gasteiger partial charge on any atom is -0.495 e. The number of rotatable bonds is 4. The van der Waals surface area contributed by atoms with Gasteiger partial charge in [0.05, 0.1) is 11.6 Å². The molecule has 1 atom stereocenters. The summed E-state index contributed by atoms with van der Waals surface area (Å²) in [5.74, 6) is 0.901. The normalized spacial score (nSPS) is 19.9. The predicted molar refractivity (Wildman–Crippen MR) is 79.6 cm³/mol. The molecule has 1 N–H and O–H groups in total. The second-order valence-corrected chi connectivity index (χ2v) is 5.56. The molecule has 100 valence electrons. The second kappa shape index (κ2) is 6.43. The Hall–Kier alpha value is -0.740. The number of ether oxygens (including phenoxy) is 1. The molecule has 0 bridgehead atoms. The zero-order chi connectivity index (χ0) is 13.0. The summed E-state index contributed by atoms with van der Waals surface area (Å²) < 4.78 is 6.37. The number of methoxy groups -OCH3 is 1. The summed E-state index contributed by atoms with van der Waals surface area (Å²) in [6.07, 6.45) is 2.47. The van der Waals surface area contributed by atoms with E-state index in [4.69, 9.17) is 4.74 Å². The molecule has 18 heavy (non-hydrogen) atoms. The van der Waals surface area contributed by atoms with E-state index in [2.05, 4.69) is 51.3 Å². The van der Waals surface area contributed by atoms with E-state index in [0.717, 1.165) is 29.9 Å². The molecule has 1 aliphatic heterocycles. The quantitative estimate of drug-likeness (QED) is 0.925. The van der Waals surface area contributed by atoms with Crippen LogP contribution in [0.1, 0.15) is 19.8 Å². The third kappa shape index (κ3) is 3.18. The minimum atomic E-state index is 0.610. The molecule has 0 amide bonds. The topological polar surface area (TPSA) is 24.5 Å². The van der Waals surface area contributed by atoms with Crippen LogP contribution >= 0.6 is 15.9 Å². The van der Waals surface area contributed by atoms with Gasteiger partial charge in [-0.3, -0.25) is 0 Å². The molecule has 1 aromatic rings. The van der Waals surface area contributed by atoms with Gasteiger partial charge in [0.15, 0.2) is 0 Å². The predicted octanol–water partition coefficient (Wildman–Crippen LogP) is 3.04. The monoisotopic (exact) mass is 312 g/mol. The summed E-state index contributed by atoms with van der Waals surface area (Å²) in [5, 5.41) is 3.58. The number of benzene rings is 1. The molecule has 1 saturated heterocycles. The molecule has 3 nitrogen and oxygen atoms in total. The van der Waals surface area contributed by atoms with E-state index in [1.165, 1.54) is 18.5 Å². The van der Waals surface area contributed by atoms with E-state index in [-0.39, 0.29) is 0 Å². The average Bonchev–Trinajstić information content (AvgIpc) is 2.40. The van der Waals surface area contributed by atoms with E-state index >= 15 is 0 Å². The number of nitrogens with one attached hydrogen (secondary N) is 1. The molecule has 1 heterocycles. The number of nitrogens with zero attached hydrogens (tertiary/aromatic N) is 1. The van der Waals surface area contributed by atoms with Crippen molar-refractivity contribution in [2.45, 2.75) is 25.8 Å². The van der Waals surface area contributed by atoms with Crippen LogP contribution in [0.5, 0.6) is 5.75 Å². The van der Waals surface area contributed by atoms with Gasteiger partial charge in [-0.1, -0.05) is 13.3 Å². The van der Waals surface area contributed by atoms with Gasteiger partial charge in [0, 0.05) is 37.4 Å². The highest BCUT2D eigenvalue weighted by atomic mass is 79.9. The highest BCUT2D eigenvalue weighted by molar-refractivity contribution is 9.10. The van der Waals surface area contributed by atoms with Crippen LogP contribution in [0.15, 0.2) is 22.7 Å². The summed E-state index contributed by atoms with van der Waals surface area (Å²) in [6, 6.07) is 6.93. The smallest absolute Gasteiger partial charge is 0.135 e. The fourth-order valence-electron chi connectivity index (χ4n) is 2.45. The van der Waals surface area contributed by atoms with Crippen molar-refractivity contribution in [3.8, 4) is 5.75 Å². The van der Waals surface area contributed by atoms with Crippen molar-refractivity contribution in [2.75, 3.05) is 31.6 Å². The Morgan fingerprint density at radius 3 is 3.06 bits per heavy atom. The molecule has 0 aliphatic carbocycles. The van der Waals surface area contributed by atoms with Crippen LogP contribution in [-0.4, -0.2) is 32.8 Å². The van der Waals surface area contributed by atoms with Gasteiger partial charge >= 0.3 is 0 Å². The SMILES string of the molecule is CCCC1CN(c2ccc(Br)c(OC)c2)CCN1. The van der Waals surface area contributed by atoms with E-state index in [9.17, 15) is 0 Å². The fourth-order valence-corrected chi connectivity index (χ4v) is 2.86. The first-order valence-corrected chi connectivity index (χ1v) is 7.35. The summed E-state index contributed by atoms with van der Waals surface area (Å²) in [5.41, 5.74) is 1.25. The first kappa shape index (κ1) is 13.7. The van der Waals surface area contributed by atoms with Gasteiger partial charge in [-0.15, -0.1) is 0 Å². The molecule has 0 saturated carbocycles. The van der Waals surface area contributed by atoms with Crippen molar-refractivity contribution in [1.29, 1.82) is 0 Å². The molecule has 1 aliphatic rings. The molecule has 2 rings (SSSR count). The first-order valence-electron chi connectivity index (χ1n) is 6.56. The first-order chi connectivity index (χ1) is 8.74. The maximum atomic E-state index is 5.36. The number of halogens is 1. The van der Waals surface area contributed by atoms with E-state index in [1.54, 1.807) is 7.11 Å². The Morgan fingerprint density at radius 2 is 2.33 bits per heavy atom. The maximum Gasteiger partial charge on any atom is 0.135 e. The molecular weight excluding hydrogens is 292 g/mol. The highest BCUT2D eigenvalue weighted by Crippen LogP contribution is 2.30. The molecule has 0 radical (unpaired) electrons. The van der Waals surface area contributed by atoms with Crippen LogP contribution in [0.4, 0.5) is 5.69 Å². The van der Waals surface area contributed by atoms with Gasteiger partial charge in [0.1, 0.15) is 5.75 Å². The zero-order valence-electron chi connectivity index (χ0n) is 11.1. The van der Waals surface area contributed by atoms with Crippen LogP contribution < -0.4 is 15.0 Å². The van der Waals surface area contributed by atoms with Gasteiger partial charge in [-0.25, -0.2) is 0 Å². The van der Waals surface area contributed by atoms with Crippen molar-refractivity contribution < 1.29 is 4.74 Å². The van der Waals surface area contributed by atoms with E-state index in [1.807, 2.05) is 0 Å². The lowest BCUT2D eigenvalue weighted by Gasteiger charge is -2.35. The van der Waals surface area contributed by atoms with Crippen LogP contribution in [0.3, 0.4) is 0 Å². The Bertz CT molecular complexity index is 395. The van der Waals surface area contributed by atoms with Gasteiger partial charge in [0.2, 0.25) is 0 Å². The van der Waals surface area contributed by atoms with Gasteiger partial charge < -0.3 is 15.0 Å². The van der Waals surface area contributed by atoms with Crippen molar-refractivity contribution in [2.24, 2.45) is 0 Å². The third-order valence-corrected chi connectivity index (χ3v) is 4.05. The Kier molecular flexibility index (Phi) is 4.89. The molecule has 1 unspecified atom stereocenters. The summed E-state index contributed by atoms with van der Waals surface area (Å²) >= 11 is 3.50. The third-order valence-electron chi connectivity index (χ3n) is 3.39. The van der Waals surface area contributed by atoms with E-state index in [0.29, 0.717) is 6.04 Å². The van der Waals surface area contributed by atoms with Crippen molar-refractivity contribution in [1.82, 2.24) is 5.32 Å². The van der Waals surface area contributed by atoms with Crippen LogP contribution in [0, 0.1) is 0 Å². The van der Waals surface area contributed by atoms with Gasteiger partial charge in [0.25, 0.3) is 0 Å². The Labute approximate surface area is 118 Å². The Morgan fingerprint density at radius 1 is 1.50 bits per heavy atom. The highest BCUT2D eigenvalue weighted by Gasteiger charge is 2.19. The second-order valence-electron chi connectivity index (χ2n) is 4.70. The molecular formula is C14H21BrN2O. The fraction of sp³-hybridized carbons (Fsp3) is 0.571. The van der Waals surface area contributed by atoms with Crippen LogP contribution in [-0.2, 0) is 0 Å². The number of anilines is 1. The van der Waals surface area contributed by atoms with Crippen molar-refractivity contribution in [3.05, 3.63) is 22.7 Å². The lowest BCUT2D eigenvalue weighted by molar-refractivity contribution is 0.410. The minimum absolute atomic E-state index is 0.610. The number of hydrogen-bond donors (Lipinski definition) is 1. The molecule has 0 spiro atoms. The van der Waals surface area contributed by atoms with Crippen molar-refractivity contribution >= 4 is 21.6 Å². The number of hydrogen-bond acceptors (Lipinski definition) is 3. The van der Waals surface area contributed by atoms with E-state index < -0.39 is 0 Å². The lowest BCUT2D eigenvalue weighted by Crippen LogP contribution is -2.50. The molecule has 1 fully saturated rings. The summed E-state index contributed by atoms with van der Waals surface area (Å²) in [6.45, 7) is 5.44. The summed E-state index contributed by atoms with van der Waals surface area (Å²) in [4.78, 5) is 2.44.